The lowest BCUT2D eigenvalue weighted by Gasteiger charge is -2.13. The zero-order valence-corrected chi connectivity index (χ0v) is 16.5. The molecule has 3 rings (SSSR count). The van der Waals surface area contributed by atoms with Crippen LogP contribution in [0, 0.1) is 0 Å². The lowest BCUT2D eigenvalue weighted by atomic mass is 10.0. The highest BCUT2D eigenvalue weighted by atomic mass is 35.5. The Bertz CT molecular complexity index is 1080. The Labute approximate surface area is 168 Å². The van der Waals surface area contributed by atoms with Crippen LogP contribution in [-0.4, -0.2) is 25.8 Å². The standard InChI is InChI=1S/C20H17ClN2O4S/c1-2-27-16-4-6-17(7-5-16)28(25,26)23-19-8-3-15(21)13-18(19)20(24)14-9-11-22-12-10-14/h3-13,23H,2H2,1H3. The van der Waals surface area contributed by atoms with Crippen molar-refractivity contribution in [3.63, 3.8) is 0 Å². The molecule has 0 fully saturated rings. The molecule has 0 amide bonds. The van der Waals surface area contributed by atoms with Gasteiger partial charge in [-0.25, -0.2) is 8.42 Å². The SMILES string of the molecule is CCOc1ccc(S(=O)(=O)Nc2ccc(Cl)cc2C(=O)c2ccncc2)cc1. The van der Waals surface area contributed by atoms with E-state index >= 15 is 0 Å². The topological polar surface area (TPSA) is 85.4 Å². The quantitative estimate of drug-likeness (QED) is 0.584. The van der Waals surface area contributed by atoms with Crippen molar-refractivity contribution in [2.24, 2.45) is 0 Å². The van der Waals surface area contributed by atoms with Crippen molar-refractivity contribution in [2.45, 2.75) is 11.8 Å². The van der Waals surface area contributed by atoms with Crippen molar-refractivity contribution in [1.82, 2.24) is 4.98 Å². The fourth-order valence-electron chi connectivity index (χ4n) is 2.54. The van der Waals surface area contributed by atoms with E-state index in [1.807, 2.05) is 6.92 Å². The summed E-state index contributed by atoms with van der Waals surface area (Å²) in [5, 5.41) is 0.321. The summed E-state index contributed by atoms with van der Waals surface area (Å²) in [5.41, 5.74) is 0.659. The predicted molar refractivity (Wildman–Crippen MR) is 108 cm³/mol. The maximum absolute atomic E-state index is 12.8. The summed E-state index contributed by atoms with van der Waals surface area (Å²) in [6.45, 7) is 2.32. The molecule has 0 bridgehead atoms. The first-order valence-electron chi connectivity index (χ1n) is 8.40. The largest absolute Gasteiger partial charge is 0.494 e. The van der Waals surface area contributed by atoms with E-state index in [1.165, 1.54) is 42.7 Å². The second kappa shape index (κ2) is 8.41. The van der Waals surface area contributed by atoms with E-state index < -0.39 is 10.0 Å². The molecule has 1 heterocycles. The van der Waals surface area contributed by atoms with Gasteiger partial charge in [-0.2, -0.15) is 0 Å². The summed E-state index contributed by atoms with van der Waals surface area (Å²) in [6.07, 6.45) is 2.98. The number of hydrogen-bond acceptors (Lipinski definition) is 5. The molecule has 0 unspecified atom stereocenters. The number of sulfonamides is 1. The van der Waals surface area contributed by atoms with Crippen LogP contribution >= 0.6 is 11.6 Å². The van der Waals surface area contributed by atoms with Gasteiger partial charge in [0.15, 0.2) is 5.78 Å². The summed E-state index contributed by atoms with van der Waals surface area (Å²) in [7, 11) is -3.91. The second-order valence-corrected chi connectivity index (χ2v) is 7.88. The summed E-state index contributed by atoms with van der Waals surface area (Å²) in [6, 6.07) is 13.5. The molecule has 1 N–H and O–H groups in total. The fourth-order valence-corrected chi connectivity index (χ4v) is 3.79. The first-order valence-corrected chi connectivity index (χ1v) is 10.3. The zero-order chi connectivity index (χ0) is 20.1. The summed E-state index contributed by atoms with van der Waals surface area (Å²) >= 11 is 6.03. The zero-order valence-electron chi connectivity index (χ0n) is 14.9. The average molecular weight is 417 g/mol. The number of nitrogens with zero attached hydrogens (tertiary/aromatic N) is 1. The van der Waals surface area contributed by atoms with Crippen LogP contribution in [0.5, 0.6) is 5.75 Å². The molecule has 144 valence electrons. The lowest BCUT2D eigenvalue weighted by Crippen LogP contribution is -2.16. The number of ether oxygens (including phenoxy) is 1. The van der Waals surface area contributed by atoms with Gasteiger partial charge in [-0.05, 0) is 61.5 Å². The monoisotopic (exact) mass is 416 g/mol. The summed E-state index contributed by atoms with van der Waals surface area (Å²) in [4.78, 5) is 16.8. The van der Waals surface area contributed by atoms with Gasteiger partial charge in [-0.15, -0.1) is 0 Å². The molecule has 0 saturated carbocycles. The normalized spacial score (nSPS) is 11.1. The van der Waals surface area contributed by atoms with Gasteiger partial charge in [0.05, 0.1) is 17.2 Å². The number of carbonyl (C=O) groups is 1. The maximum atomic E-state index is 12.8. The highest BCUT2D eigenvalue weighted by molar-refractivity contribution is 7.92. The van der Waals surface area contributed by atoms with Crippen LogP contribution in [0.15, 0.2) is 71.9 Å². The number of nitrogens with one attached hydrogen (secondary N) is 1. The van der Waals surface area contributed by atoms with Crippen molar-refractivity contribution < 1.29 is 17.9 Å². The van der Waals surface area contributed by atoms with Crippen LogP contribution in [0.3, 0.4) is 0 Å². The van der Waals surface area contributed by atoms with Crippen molar-refractivity contribution in [3.05, 3.63) is 83.1 Å². The van der Waals surface area contributed by atoms with E-state index in [-0.39, 0.29) is 21.9 Å². The van der Waals surface area contributed by atoms with Crippen LogP contribution in [0.25, 0.3) is 0 Å². The number of aromatic nitrogens is 1. The Kier molecular flexibility index (Phi) is 5.96. The molecule has 0 radical (unpaired) electrons. The molecule has 0 spiro atoms. The van der Waals surface area contributed by atoms with Crippen LogP contribution in [0.4, 0.5) is 5.69 Å². The van der Waals surface area contributed by atoms with Crippen LogP contribution < -0.4 is 9.46 Å². The Balaban J connectivity index is 1.94. The van der Waals surface area contributed by atoms with Crippen LogP contribution in [-0.2, 0) is 10.0 Å². The van der Waals surface area contributed by atoms with Crippen LogP contribution in [0.2, 0.25) is 5.02 Å². The Morgan fingerprint density at radius 2 is 1.75 bits per heavy atom. The molecule has 2 aromatic carbocycles. The fraction of sp³-hybridized carbons (Fsp3) is 0.100. The van der Waals surface area contributed by atoms with Crippen molar-refractivity contribution >= 4 is 33.1 Å². The number of halogens is 1. The van der Waals surface area contributed by atoms with E-state index in [0.29, 0.717) is 22.9 Å². The molecule has 0 aliphatic carbocycles. The molecule has 1 aromatic heterocycles. The van der Waals surface area contributed by atoms with Gasteiger partial charge in [0, 0.05) is 28.5 Å². The third-order valence-corrected chi connectivity index (χ3v) is 5.47. The number of hydrogen-bond donors (Lipinski definition) is 1. The Morgan fingerprint density at radius 3 is 2.39 bits per heavy atom. The van der Waals surface area contributed by atoms with Gasteiger partial charge in [0.25, 0.3) is 10.0 Å². The van der Waals surface area contributed by atoms with Crippen molar-refractivity contribution in [2.75, 3.05) is 11.3 Å². The van der Waals surface area contributed by atoms with Gasteiger partial charge in [-0.1, -0.05) is 11.6 Å². The number of carbonyl (C=O) groups excluding carboxylic acids is 1. The van der Waals surface area contributed by atoms with E-state index in [2.05, 4.69) is 9.71 Å². The van der Waals surface area contributed by atoms with Gasteiger partial charge >= 0.3 is 0 Å². The third-order valence-electron chi connectivity index (χ3n) is 3.86. The first-order chi connectivity index (χ1) is 13.4. The lowest BCUT2D eigenvalue weighted by molar-refractivity contribution is 0.103. The van der Waals surface area contributed by atoms with Gasteiger partial charge in [-0.3, -0.25) is 14.5 Å². The molecule has 3 aromatic rings. The third kappa shape index (κ3) is 4.49. The number of anilines is 1. The molecule has 0 aliphatic heterocycles. The van der Waals surface area contributed by atoms with Crippen LogP contribution in [0.1, 0.15) is 22.8 Å². The molecule has 6 nitrogen and oxygen atoms in total. The Hall–Kier alpha value is -2.90. The summed E-state index contributed by atoms with van der Waals surface area (Å²) < 4.78 is 33.3. The molecule has 28 heavy (non-hydrogen) atoms. The maximum Gasteiger partial charge on any atom is 0.261 e. The second-order valence-electron chi connectivity index (χ2n) is 5.76. The minimum Gasteiger partial charge on any atom is -0.494 e. The minimum absolute atomic E-state index is 0.0493. The number of ketones is 1. The highest BCUT2D eigenvalue weighted by Gasteiger charge is 2.20. The first kappa shape index (κ1) is 19.9. The predicted octanol–water partition coefficient (Wildman–Crippen LogP) is 4.17. The molecular weight excluding hydrogens is 400 g/mol. The number of rotatable bonds is 7. The average Bonchev–Trinajstić information content (AvgIpc) is 2.70. The van der Waals surface area contributed by atoms with E-state index in [9.17, 15) is 13.2 Å². The number of benzene rings is 2. The van der Waals surface area contributed by atoms with E-state index in [4.69, 9.17) is 16.3 Å². The number of pyridine rings is 1. The molecule has 0 saturated heterocycles. The van der Waals surface area contributed by atoms with Gasteiger partial charge < -0.3 is 4.74 Å². The molecular formula is C20H17ClN2O4S. The van der Waals surface area contributed by atoms with Gasteiger partial charge in [0.1, 0.15) is 5.75 Å². The van der Waals surface area contributed by atoms with Crippen molar-refractivity contribution in [3.8, 4) is 5.75 Å². The summed E-state index contributed by atoms with van der Waals surface area (Å²) in [5.74, 6) is 0.204. The Morgan fingerprint density at radius 1 is 1.07 bits per heavy atom. The van der Waals surface area contributed by atoms with Crippen molar-refractivity contribution in [1.29, 1.82) is 0 Å². The molecule has 0 atom stereocenters. The molecule has 0 aliphatic rings. The van der Waals surface area contributed by atoms with Gasteiger partial charge in [0.2, 0.25) is 0 Å². The smallest absolute Gasteiger partial charge is 0.261 e. The minimum atomic E-state index is -3.91. The van der Waals surface area contributed by atoms with E-state index in [0.717, 1.165) is 0 Å². The molecule has 8 heteroatoms. The highest BCUT2D eigenvalue weighted by Crippen LogP contribution is 2.26. The van der Waals surface area contributed by atoms with E-state index in [1.54, 1.807) is 24.3 Å².